The van der Waals surface area contributed by atoms with Gasteiger partial charge in [0.15, 0.2) is 5.76 Å². The number of cyclic esters (lactones) is 1. The Morgan fingerprint density at radius 1 is 1.23 bits per heavy atom. The molecule has 0 aromatic heterocycles. The van der Waals surface area contributed by atoms with Crippen LogP contribution in [0.5, 0.6) is 0 Å². The van der Waals surface area contributed by atoms with Gasteiger partial charge >= 0.3 is 11.9 Å². The lowest BCUT2D eigenvalue weighted by molar-refractivity contribution is -0.155. The molecule has 9 nitrogen and oxygen atoms in total. The molecule has 0 spiro atoms. The van der Waals surface area contributed by atoms with Gasteiger partial charge in [-0.25, -0.2) is 4.79 Å². The molecule has 2 aliphatic heterocycles. The number of Topliss-reactive ketones (excluding diaryl/α,β-unsaturated/α-hetero) is 1. The van der Waals surface area contributed by atoms with Crippen LogP contribution in [0.15, 0.2) is 34.3 Å². The molecule has 0 bridgehead atoms. The fourth-order valence-corrected chi connectivity index (χ4v) is 6.90. The second-order valence-electron chi connectivity index (χ2n) is 10.6. The Balaban J connectivity index is 1.70. The molecule has 5 rings (SSSR count). The molecule has 6 atom stereocenters. The number of methoxy groups -OCH3 is 1. The monoisotopic (exact) mass is 487 g/mol. The zero-order valence-corrected chi connectivity index (χ0v) is 20.4. The van der Waals surface area contributed by atoms with E-state index in [0.29, 0.717) is 30.4 Å². The van der Waals surface area contributed by atoms with Gasteiger partial charge in [0.2, 0.25) is 5.78 Å². The van der Waals surface area contributed by atoms with Crippen LogP contribution in [0, 0.1) is 17.3 Å². The van der Waals surface area contributed by atoms with Crippen molar-refractivity contribution in [3.63, 3.8) is 0 Å². The topological polar surface area (TPSA) is 123 Å². The molecule has 2 heterocycles. The number of allylic oxidation sites excluding steroid dienone is 1. The summed E-state index contributed by atoms with van der Waals surface area (Å²) in [6.45, 7) is 4.81. The second-order valence-corrected chi connectivity index (χ2v) is 10.6. The molecule has 3 fully saturated rings. The first-order valence-electron chi connectivity index (χ1n) is 12.4. The zero-order chi connectivity index (χ0) is 25.1. The SMILES string of the molecule is COC[C@H]1OC(=O)/C(=C\N2CCCC2)C2=C(O)C(=O)C3=C(C21)[C@H](OC(C)=O)C[C@]1(C)C(O)CCC31. The first kappa shape index (κ1) is 24.1. The number of aliphatic hydroxyl groups is 2. The Hall–Kier alpha value is -2.65. The van der Waals surface area contributed by atoms with E-state index in [1.807, 2.05) is 11.8 Å². The van der Waals surface area contributed by atoms with Crippen molar-refractivity contribution in [3.05, 3.63) is 34.3 Å². The summed E-state index contributed by atoms with van der Waals surface area (Å²) < 4.78 is 16.9. The second kappa shape index (κ2) is 8.78. The van der Waals surface area contributed by atoms with E-state index in [1.54, 1.807) is 6.20 Å². The average Bonchev–Trinajstić information content (AvgIpc) is 3.41. The third kappa shape index (κ3) is 3.71. The number of ketones is 1. The van der Waals surface area contributed by atoms with Gasteiger partial charge in [-0.3, -0.25) is 9.59 Å². The van der Waals surface area contributed by atoms with Crippen molar-refractivity contribution in [2.45, 2.75) is 64.3 Å². The van der Waals surface area contributed by atoms with Gasteiger partial charge in [-0.05, 0) is 43.6 Å². The van der Waals surface area contributed by atoms with Gasteiger partial charge in [-0.15, -0.1) is 0 Å². The zero-order valence-electron chi connectivity index (χ0n) is 20.4. The van der Waals surface area contributed by atoms with Crippen LogP contribution in [0.4, 0.5) is 0 Å². The summed E-state index contributed by atoms with van der Waals surface area (Å²) in [7, 11) is 1.49. The van der Waals surface area contributed by atoms with Gasteiger partial charge in [-0.2, -0.15) is 0 Å². The van der Waals surface area contributed by atoms with Gasteiger partial charge in [-0.1, -0.05) is 6.92 Å². The molecule has 1 saturated carbocycles. The standard InChI is InChI=1S/C26H33NO8/c1-13(28)34-16-10-26(2)15(6-7-18(26)29)20-21(16)22-17(12-33-3)35-25(32)14(11-27-8-4-5-9-27)19(22)23(30)24(20)31/h11,15-18,22,29-30H,4-10,12H2,1-3H3/b14-11-/t15?,16-,17-,18?,22?,26+/m1/s1. The molecule has 190 valence electrons. The number of likely N-dealkylation sites (tertiary alicyclic amines) is 1. The van der Waals surface area contributed by atoms with Gasteiger partial charge in [0.05, 0.1) is 24.2 Å². The summed E-state index contributed by atoms with van der Waals surface area (Å²) in [5.74, 6) is -3.15. The number of fused-ring (bicyclic) bond motifs is 4. The minimum atomic E-state index is -0.799. The highest BCUT2D eigenvalue weighted by Gasteiger charge is 2.60. The molecule has 0 amide bonds. The quantitative estimate of drug-likeness (QED) is 0.452. The van der Waals surface area contributed by atoms with Gasteiger partial charge in [0, 0.05) is 49.9 Å². The van der Waals surface area contributed by atoms with E-state index in [-0.39, 0.29) is 23.7 Å². The van der Waals surface area contributed by atoms with Crippen LogP contribution < -0.4 is 0 Å². The predicted molar refractivity (Wildman–Crippen MR) is 123 cm³/mol. The van der Waals surface area contributed by atoms with E-state index >= 15 is 0 Å². The predicted octanol–water partition coefficient (Wildman–Crippen LogP) is 1.96. The van der Waals surface area contributed by atoms with E-state index in [9.17, 15) is 24.6 Å². The maximum Gasteiger partial charge on any atom is 0.340 e. The molecule has 3 aliphatic carbocycles. The Morgan fingerprint density at radius 3 is 2.60 bits per heavy atom. The normalized spacial score (nSPS) is 37.9. The van der Waals surface area contributed by atoms with Crippen LogP contribution in [0.2, 0.25) is 0 Å². The van der Waals surface area contributed by atoms with Crippen molar-refractivity contribution in [1.29, 1.82) is 0 Å². The molecule has 3 unspecified atom stereocenters. The van der Waals surface area contributed by atoms with Crippen LogP contribution in [0.25, 0.3) is 0 Å². The van der Waals surface area contributed by atoms with Gasteiger partial charge in [0.25, 0.3) is 0 Å². The molecule has 0 radical (unpaired) electrons. The van der Waals surface area contributed by atoms with E-state index in [1.165, 1.54) is 14.0 Å². The number of ether oxygens (including phenoxy) is 3. The third-order valence-corrected chi connectivity index (χ3v) is 8.51. The number of hydrogen-bond acceptors (Lipinski definition) is 9. The molecular formula is C26H33NO8. The van der Waals surface area contributed by atoms with Crippen molar-refractivity contribution in [2.24, 2.45) is 17.3 Å². The van der Waals surface area contributed by atoms with Gasteiger partial charge in [0.1, 0.15) is 12.2 Å². The average molecular weight is 488 g/mol. The summed E-state index contributed by atoms with van der Waals surface area (Å²) in [5.41, 5.74) is 0.646. The lowest BCUT2D eigenvalue weighted by Crippen LogP contribution is -2.52. The minimum Gasteiger partial charge on any atom is -0.504 e. The van der Waals surface area contributed by atoms with Crippen molar-refractivity contribution in [2.75, 3.05) is 26.8 Å². The van der Waals surface area contributed by atoms with E-state index in [0.717, 1.165) is 25.9 Å². The number of carbonyl (C=O) groups is 3. The number of aliphatic hydroxyl groups excluding tert-OH is 2. The van der Waals surface area contributed by atoms with Crippen molar-refractivity contribution in [1.82, 2.24) is 4.90 Å². The van der Waals surface area contributed by atoms with Crippen LogP contribution >= 0.6 is 0 Å². The molecule has 0 aromatic carbocycles. The fraction of sp³-hybridized carbons (Fsp3) is 0.654. The minimum absolute atomic E-state index is 0.0481. The fourth-order valence-electron chi connectivity index (χ4n) is 6.90. The summed E-state index contributed by atoms with van der Waals surface area (Å²) >= 11 is 0. The molecule has 35 heavy (non-hydrogen) atoms. The number of hydrogen-bond donors (Lipinski definition) is 2. The largest absolute Gasteiger partial charge is 0.504 e. The Kier molecular flexibility index (Phi) is 6.04. The van der Waals surface area contributed by atoms with E-state index in [2.05, 4.69) is 0 Å². The molecule has 2 saturated heterocycles. The Morgan fingerprint density at radius 2 is 1.94 bits per heavy atom. The Bertz CT molecular complexity index is 1050. The highest BCUT2D eigenvalue weighted by atomic mass is 16.6. The summed E-state index contributed by atoms with van der Waals surface area (Å²) in [5, 5.41) is 22.1. The van der Waals surface area contributed by atoms with E-state index < -0.39 is 53.1 Å². The first-order valence-corrected chi connectivity index (χ1v) is 12.4. The Labute approximate surface area is 204 Å². The van der Waals surface area contributed by atoms with Crippen molar-refractivity contribution in [3.8, 4) is 0 Å². The van der Waals surface area contributed by atoms with Crippen LogP contribution in [-0.4, -0.2) is 78.0 Å². The van der Waals surface area contributed by atoms with Crippen LogP contribution in [0.3, 0.4) is 0 Å². The van der Waals surface area contributed by atoms with Crippen LogP contribution in [0.1, 0.15) is 46.0 Å². The highest BCUT2D eigenvalue weighted by molar-refractivity contribution is 6.12. The van der Waals surface area contributed by atoms with E-state index in [4.69, 9.17) is 14.2 Å². The first-order chi connectivity index (χ1) is 16.7. The number of rotatable bonds is 4. The van der Waals surface area contributed by atoms with Crippen molar-refractivity contribution < 1.29 is 38.8 Å². The van der Waals surface area contributed by atoms with Crippen LogP contribution in [-0.2, 0) is 28.6 Å². The smallest absolute Gasteiger partial charge is 0.340 e. The maximum atomic E-state index is 13.8. The molecule has 9 heteroatoms. The summed E-state index contributed by atoms with van der Waals surface area (Å²) in [6, 6.07) is 0. The lowest BCUT2D eigenvalue weighted by Gasteiger charge is -2.49. The molecule has 5 aliphatic rings. The highest BCUT2D eigenvalue weighted by Crippen LogP contribution is 2.59. The summed E-state index contributed by atoms with van der Waals surface area (Å²) in [4.78, 5) is 41.0. The van der Waals surface area contributed by atoms with Crippen molar-refractivity contribution >= 4 is 17.7 Å². The molecular weight excluding hydrogens is 454 g/mol. The number of esters is 2. The molecule has 0 aromatic rings. The lowest BCUT2D eigenvalue weighted by atomic mass is 9.58. The number of nitrogens with zero attached hydrogens (tertiary/aromatic N) is 1. The number of carbonyl (C=O) groups excluding carboxylic acids is 3. The maximum absolute atomic E-state index is 13.8. The molecule has 2 N–H and O–H groups in total. The van der Waals surface area contributed by atoms with Gasteiger partial charge < -0.3 is 29.3 Å². The summed E-state index contributed by atoms with van der Waals surface area (Å²) in [6.07, 6.45) is 2.84. The third-order valence-electron chi connectivity index (χ3n) is 8.51.